The molecule has 1 aromatic heterocycles. The van der Waals surface area contributed by atoms with Gasteiger partial charge in [0.2, 0.25) is 5.91 Å². The number of rotatable bonds is 5. The van der Waals surface area contributed by atoms with Crippen molar-refractivity contribution in [2.24, 2.45) is 0 Å². The molecule has 0 bridgehead atoms. The Labute approximate surface area is 112 Å². The van der Waals surface area contributed by atoms with Crippen LogP contribution in [-0.4, -0.2) is 43.9 Å². The molecule has 6 nitrogen and oxygen atoms in total. The molecule has 6 heteroatoms. The van der Waals surface area contributed by atoms with E-state index in [-0.39, 0.29) is 17.7 Å². The minimum absolute atomic E-state index is 0.0435. The first-order chi connectivity index (χ1) is 9.22. The Hall–Kier alpha value is -1.72. The van der Waals surface area contributed by atoms with E-state index in [0.29, 0.717) is 25.9 Å². The first-order valence-corrected chi connectivity index (χ1v) is 6.87. The van der Waals surface area contributed by atoms with Crippen molar-refractivity contribution in [3.05, 3.63) is 12.7 Å². The van der Waals surface area contributed by atoms with Crippen molar-refractivity contribution < 1.29 is 9.59 Å². The van der Waals surface area contributed by atoms with Gasteiger partial charge in [-0.2, -0.15) is 5.10 Å². The molecule has 1 aliphatic rings. The number of piperidine rings is 1. The van der Waals surface area contributed by atoms with Gasteiger partial charge in [0.05, 0.1) is 12.6 Å². The van der Waals surface area contributed by atoms with E-state index < -0.39 is 0 Å². The summed E-state index contributed by atoms with van der Waals surface area (Å²) in [4.78, 5) is 29.7. The van der Waals surface area contributed by atoms with Gasteiger partial charge in [0.15, 0.2) is 5.78 Å². The van der Waals surface area contributed by atoms with E-state index in [0.717, 1.165) is 19.3 Å². The molecule has 0 aliphatic carbocycles. The van der Waals surface area contributed by atoms with E-state index in [1.807, 2.05) is 6.92 Å². The van der Waals surface area contributed by atoms with Crippen LogP contribution in [0.1, 0.15) is 39.0 Å². The number of carbonyl (C=O) groups excluding carboxylic acids is 2. The van der Waals surface area contributed by atoms with Crippen LogP contribution < -0.4 is 0 Å². The summed E-state index contributed by atoms with van der Waals surface area (Å²) in [6.45, 7) is 3.07. The van der Waals surface area contributed by atoms with Gasteiger partial charge in [-0.15, -0.1) is 0 Å². The van der Waals surface area contributed by atoms with E-state index in [1.165, 1.54) is 6.33 Å². The second-order valence-corrected chi connectivity index (χ2v) is 4.83. The van der Waals surface area contributed by atoms with Gasteiger partial charge in [-0.1, -0.05) is 6.92 Å². The average Bonchev–Trinajstić information content (AvgIpc) is 2.97. The molecule has 0 spiro atoms. The van der Waals surface area contributed by atoms with Crippen molar-refractivity contribution >= 4 is 11.7 Å². The summed E-state index contributed by atoms with van der Waals surface area (Å²) in [6, 6.07) is -0.206. The molecule has 0 N–H and O–H groups in total. The normalized spacial score (nSPS) is 19.4. The Bertz CT molecular complexity index is 430. The van der Waals surface area contributed by atoms with Gasteiger partial charge < -0.3 is 4.90 Å². The molecule has 2 heterocycles. The fourth-order valence-electron chi connectivity index (χ4n) is 2.50. The first-order valence-electron chi connectivity index (χ1n) is 6.87. The smallest absolute Gasteiger partial charge is 0.225 e. The van der Waals surface area contributed by atoms with E-state index in [1.54, 1.807) is 15.9 Å². The van der Waals surface area contributed by atoms with Gasteiger partial charge in [-0.05, 0) is 19.3 Å². The van der Waals surface area contributed by atoms with Crippen molar-refractivity contribution in [1.82, 2.24) is 19.7 Å². The van der Waals surface area contributed by atoms with Crippen molar-refractivity contribution in [2.75, 3.05) is 6.54 Å². The van der Waals surface area contributed by atoms with Gasteiger partial charge >= 0.3 is 0 Å². The molecule has 0 aromatic carbocycles. The Kier molecular flexibility index (Phi) is 4.65. The van der Waals surface area contributed by atoms with E-state index in [9.17, 15) is 9.59 Å². The number of hydrogen-bond acceptors (Lipinski definition) is 4. The van der Waals surface area contributed by atoms with Gasteiger partial charge in [-0.3, -0.25) is 14.3 Å². The maximum absolute atomic E-state index is 12.2. The number of carbonyl (C=O) groups is 2. The van der Waals surface area contributed by atoms with E-state index >= 15 is 0 Å². The molecule has 1 amide bonds. The molecule has 0 saturated carbocycles. The fourth-order valence-corrected chi connectivity index (χ4v) is 2.50. The zero-order chi connectivity index (χ0) is 13.7. The third-order valence-electron chi connectivity index (χ3n) is 3.56. The molecular formula is C13H20N4O2. The molecule has 1 unspecified atom stereocenters. The predicted molar refractivity (Wildman–Crippen MR) is 69.3 cm³/mol. The van der Waals surface area contributed by atoms with Crippen molar-refractivity contribution in [3.63, 3.8) is 0 Å². The summed E-state index contributed by atoms with van der Waals surface area (Å²) < 4.78 is 1.64. The SMILES string of the molecule is CCC(=O)C1CCCCN1C(=O)CCn1cncn1. The third kappa shape index (κ3) is 3.39. The molecule has 1 fully saturated rings. The lowest BCUT2D eigenvalue weighted by Crippen LogP contribution is -2.48. The highest BCUT2D eigenvalue weighted by molar-refractivity contribution is 5.89. The van der Waals surface area contributed by atoms with Gasteiger partial charge in [0.25, 0.3) is 0 Å². The van der Waals surface area contributed by atoms with Crippen molar-refractivity contribution in [1.29, 1.82) is 0 Å². The standard InChI is InChI=1S/C13H20N4O2/c1-2-12(18)11-5-3-4-7-17(11)13(19)6-8-16-10-14-9-15-16/h9-11H,2-8H2,1H3. The number of amides is 1. The topological polar surface area (TPSA) is 68.1 Å². The summed E-state index contributed by atoms with van der Waals surface area (Å²) >= 11 is 0. The van der Waals surface area contributed by atoms with Crippen LogP contribution in [-0.2, 0) is 16.1 Å². The highest BCUT2D eigenvalue weighted by Gasteiger charge is 2.30. The van der Waals surface area contributed by atoms with Crippen molar-refractivity contribution in [3.8, 4) is 0 Å². The average molecular weight is 264 g/mol. The fraction of sp³-hybridized carbons (Fsp3) is 0.692. The second-order valence-electron chi connectivity index (χ2n) is 4.83. The third-order valence-corrected chi connectivity index (χ3v) is 3.56. The van der Waals surface area contributed by atoms with E-state index in [2.05, 4.69) is 10.1 Å². The van der Waals surface area contributed by atoms with Crippen LogP contribution in [0, 0.1) is 0 Å². The summed E-state index contributed by atoms with van der Waals surface area (Å²) in [5.74, 6) is 0.218. The van der Waals surface area contributed by atoms with Gasteiger partial charge in [0.1, 0.15) is 12.7 Å². The molecule has 0 radical (unpaired) electrons. The lowest BCUT2D eigenvalue weighted by Gasteiger charge is -2.34. The maximum Gasteiger partial charge on any atom is 0.225 e. The molecule has 1 atom stereocenters. The van der Waals surface area contributed by atoms with Crippen LogP contribution in [0.3, 0.4) is 0 Å². The van der Waals surface area contributed by atoms with Crippen LogP contribution in [0.2, 0.25) is 0 Å². The zero-order valence-electron chi connectivity index (χ0n) is 11.3. The van der Waals surface area contributed by atoms with Crippen molar-refractivity contribution in [2.45, 2.75) is 51.6 Å². The Balaban J connectivity index is 1.93. The molecule has 1 saturated heterocycles. The second kappa shape index (κ2) is 6.45. The monoisotopic (exact) mass is 264 g/mol. The maximum atomic E-state index is 12.2. The molecular weight excluding hydrogens is 244 g/mol. The molecule has 104 valence electrons. The van der Waals surface area contributed by atoms with Crippen LogP contribution in [0.25, 0.3) is 0 Å². The number of Topliss-reactive ketones (excluding diaryl/α,β-unsaturated/α-hetero) is 1. The van der Waals surface area contributed by atoms with Crippen LogP contribution in [0.15, 0.2) is 12.7 Å². The number of ketones is 1. The van der Waals surface area contributed by atoms with Crippen LogP contribution >= 0.6 is 0 Å². The summed E-state index contributed by atoms with van der Waals surface area (Å²) in [6.07, 6.45) is 6.74. The summed E-state index contributed by atoms with van der Waals surface area (Å²) in [7, 11) is 0. The quantitative estimate of drug-likeness (QED) is 0.796. The minimum atomic E-state index is -0.206. The molecule has 1 aliphatic heterocycles. The van der Waals surface area contributed by atoms with Crippen LogP contribution in [0.4, 0.5) is 0 Å². The largest absolute Gasteiger partial charge is 0.333 e. The van der Waals surface area contributed by atoms with Gasteiger partial charge in [-0.25, -0.2) is 4.98 Å². The van der Waals surface area contributed by atoms with Crippen LogP contribution in [0.5, 0.6) is 0 Å². The number of nitrogens with zero attached hydrogens (tertiary/aromatic N) is 4. The predicted octanol–water partition coefficient (Wildman–Crippen LogP) is 1.03. The van der Waals surface area contributed by atoms with Gasteiger partial charge in [0, 0.05) is 19.4 Å². The summed E-state index contributed by atoms with van der Waals surface area (Å²) in [5.41, 5.74) is 0. The Morgan fingerprint density at radius 1 is 1.37 bits per heavy atom. The Morgan fingerprint density at radius 3 is 2.89 bits per heavy atom. The molecule has 1 aromatic rings. The number of aryl methyl sites for hydroxylation is 1. The summed E-state index contributed by atoms with van der Waals surface area (Å²) in [5, 5.41) is 3.97. The first kappa shape index (κ1) is 13.7. The lowest BCUT2D eigenvalue weighted by atomic mass is 9.97. The zero-order valence-corrected chi connectivity index (χ0v) is 11.3. The molecule has 19 heavy (non-hydrogen) atoms. The lowest BCUT2D eigenvalue weighted by molar-refractivity contribution is -0.141. The Morgan fingerprint density at radius 2 is 2.21 bits per heavy atom. The van der Waals surface area contributed by atoms with E-state index in [4.69, 9.17) is 0 Å². The number of aromatic nitrogens is 3. The molecule has 2 rings (SSSR count). The highest BCUT2D eigenvalue weighted by atomic mass is 16.2. The minimum Gasteiger partial charge on any atom is -0.333 e. The number of hydrogen-bond donors (Lipinski definition) is 0. The number of likely N-dealkylation sites (tertiary alicyclic amines) is 1. The highest BCUT2D eigenvalue weighted by Crippen LogP contribution is 2.19.